The summed E-state index contributed by atoms with van der Waals surface area (Å²) in [5.74, 6) is -0.331. The van der Waals surface area contributed by atoms with Gasteiger partial charge < -0.3 is 14.1 Å². The second-order valence-electron chi connectivity index (χ2n) is 7.22. The third-order valence-electron chi connectivity index (χ3n) is 5.13. The summed E-state index contributed by atoms with van der Waals surface area (Å²) in [6, 6.07) is 12.6. The number of hydrogen-bond donors (Lipinski definition) is 0. The van der Waals surface area contributed by atoms with E-state index in [2.05, 4.69) is 5.10 Å². The fraction of sp³-hybridized carbons (Fsp3) is 0.261. The number of ether oxygens (including phenoxy) is 1. The smallest absolute Gasteiger partial charge is 0.264 e. The van der Waals surface area contributed by atoms with Gasteiger partial charge in [-0.2, -0.15) is 5.10 Å². The molecular formula is C23H22FN3O4S. The van der Waals surface area contributed by atoms with E-state index in [0.717, 1.165) is 5.56 Å². The van der Waals surface area contributed by atoms with Crippen molar-refractivity contribution >= 4 is 28.9 Å². The molecule has 0 N–H and O–H groups in total. The van der Waals surface area contributed by atoms with E-state index in [1.54, 1.807) is 49.8 Å². The lowest BCUT2D eigenvalue weighted by Crippen LogP contribution is -2.42. The van der Waals surface area contributed by atoms with Crippen molar-refractivity contribution in [2.75, 3.05) is 26.8 Å². The highest BCUT2D eigenvalue weighted by Crippen LogP contribution is 2.33. The summed E-state index contributed by atoms with van der Waals surface area (Å²) in [5, 5.41) is 7.71. The molecule has 2 aromatic heterocycles. The average molecular weight is 456 g/mol. The average Bonchev–Trinajstić information content (AvgIpc) is 3.57. The van der Waals surface area contributed by atoms with Gasteiger partial charge in [0.25, 0.3) is 11.8 Å². The standard InChI is InChI=1S/C23H22FN3O4S/c1-30-12-10-26(23(29)21-5-3-13-32-21)15-22(28)27-19(20-4-2-11-31-20)14-18(25-27)16-6-8-17(24)9-7-16/h2-9,11,13,19H,10,12,14-15H2,1H3/t19-/m1/s1. The van der Waals surface area contributed by atoms with Crippen LogP contribution in [-0.2, 0) is 9.53 Å². The summed E-state index contributed by atoms with van der Waals surface area (Å²) in [6.45, 7) is 0.417. The van der Waals surface area contributed by atoms with Crippen molar-refractivity contribution in [2.45, 2.75) is 12.5 Å². The molecule has 1 aromatic carbocycles. The number of rotatable bonds is 8. The second kappa shape index (κ2) is 9.88. The van der Waals surface area contributed by atoms with E-state index in [0.29, 0.717) is 29.4 Å². The molecule has 3 aromatic rings. The van der Waals surface area contributed by atoms with Gasteiger partial charge in [-0.15, -0.1) is 11.3 Å². The molecule has 32 heavy (non-hydrogen) atoms. The van der Waals surface area contributed by atoms with Crippen LogP contribution in [-0.4, -0.2) is 54.2 Å². The van der Waals surface area contributed by atoms with Crippen molar-refractivity contribution in [2.24, 2.45) is 5.10 Å². The van der Waals surface area contributed by atoms with Crippen LogP contribution in [0.4, 0.5) is 4.39 Å². The number of thiophene rings is 1. The molecule has 0 saturated heterocycles. The van der Waals surface area contributed by atoms with E-state index in [4.69, 9.17) is 9.15 Å². The zero-order valence-corrected chi connectivity index (χ0v) is 18.3. The van der Waals surface area contributed by atoms with Crippen LogP contribution >= 0.6 is 11.3 Å². The Morgan fingerprint density at radius 3 is 2.72 bits per heavy atom. The van der Waals surface area contributed by atoms with Gasteiger partial charge in [0, 0.05) is 20.1 Å². The molecule has 0 fully saturated rings. The zero-order valence-electron chi connectivity index (χ0n) is 17.4. The molecule has 7 nitrogen and oxygen atoms in total. The lowest BCUT2D eigenvalue weighted by molar-refractivity contribution is -0.134. The molecule has 9 heteroatoms. The molecule has 166 valence electrons. The number of methoxy groups -OCH3 is 1. The molecular weight excluding hydrogens is 433 g/mol. The first-order chi connectivity index (χ1) is 15.6. The molecule has 0 radical (unpaired) electrons. The minimum Gasteiger partial charge on any atom is -0.467 e. The van der Waals surface area contributed by atoms with E-state index in [1.165, 1.54) is 33.4 Å². The largest absolute Gasteiger partial charge is 0.467 e. The van der Waals surface area contributed by atoms with Gasteiger partial charge in [-0.05, 0) is 41.3 Å². The third kappa shape index (κ3) is 4.79. The number of hydrogen-bond acceptors (Lipinski definition) is 6. The van der Waals surface area contributed by atoms with Gasteiger partial charge in [-0.3, -0.25) is 9.59 Å². The molecule has 0 saturated carbocycles. The lowest BCUT2D eigenvalue weighted by atomic mass is 10.0. The van der Waals surface area contributed by atoms with Crippen molar-refractivity contribution in [1.29, 1.82) is 0 Å². The monoisotopic (exact) mass is 455 g/mol. The molecule has 1 aliphatic heterocycles. The molecule has 0 unspecified atom stereocenters. The van der Waals surface area contributed by atoms with Gasteiger partial charge in [-0.1, -0.05) is 18.2 Å². The number of nitrogens with zero attached hydrogens (tertiary/aromatic N) is 3. The van der Waals surface area contributed by atoms with Gasteiger partial charge in [0.05, 0.1) is 23.5 Å². The topological polar surface area (TPSA) is 75.3 Å². The minimum absolute atomic E-state index is 0.155. The van der Waals surface area contributed by atoms with Gasteiger partial charge in [0.1, 0.15) is 24.2 Å². The Kier molecular flexibility index (Phi) is 6.77. The first-order valence-electron chi connectivity index (χ1n) is 10.1. The van der Waals surface area contributed by atoms with Gasteiger partial charge in [-0.25, -0.2) is 9.40 Å². The molecule has 4 rings (SSSR count). The predicted octanol–water partition coefficient (Wildman–Crippen LogP) is 3.95. The maximum absolute atomic E-state index is 13.3. The Morgan fingerprint density at radius 1 is 1.25 bits per heavy atom. The molecule has 2 amide bonds. The van der Waals surface area contributed by atoms with Crippen LogP contribution in [0.5, 0.6) is 0 Å². The maximum atomic E-state index is 13.3. The summed E-state index contributed by atoms with van der Waals surface area (Å²) >= 11 is 1.32. The summed E-state index contributed by atoms with van der Waals surface area (Å²) in [6.07, 6.45) is 1.96. The van der Waals surface area contributed by atoms with Gasteiger partial charge in [0.2, 0.25) is 0 Å². The number of benzene rings is 1. The van der Waals surface area contributed by atoms with Crippen LogP contribution in [0.3, 0.4) is 0 Å². The van der Waals surface area contributed by atoms with E-state index >= 15 is 0 Å². The van der Waals surface area contributed by atoms with Crippen molar-refractivity contribution in [1.82, 2.24) is 9.91 Å². The first kappa shape index (κ1) is 21.9. The number of hydrazone groups is 1. The highest BCUT2D eigenvalue weighted by molar-refractivity contribution is 7.12. The number of amides is 2. The normalized spacial score (nSPS) is 15.6. The fourth-order valence-electron chi connectivity index (χ4n) is 3.51. The number of halogens is 1. The van der Waals surface area contributed by atoms with E-state index < -0.39 is 6.04 Å². The summed E-state index contributed by atoms with van der Waals surface area (Å²) in [7, 11) is 1.54. The Balaban J connectivity index is 1.58. The van der Waals surface area contributed by atoms with E-state index in [1.807, 2.05) is 5.38 Å². The Bertz CT molecular complexity index is 1080. The van der Waals surface area contributed by atoms with E-state index in [-0.39, 0.29) is 30.7 Å². The van der Waals surface area contributed by atoms with Gasteiger partial charge in [0.15, 0.2) is 0 Å². The first-order valence-corrected chi connectivity index (χ1v) is 11.0. The summed E-state index contributed by atoms with van der Waals surface area (Å²) in [4.78, 5) is 28.2. The number of carbonyl (C=O) groups is 2. The molecule has 1 atom stereocenters. The highest BCUT2D eigenvalue weighted by atomic mass is 32.1. The predicted molar refractivity (Wildman–Crippen MR) is 118 cm³/mol. The molecule has 3 heterocycles. The SMILES string of the molecule is COCCN(CC(=O)N1N=C(c2ccc(F)cc2)C[C@@H]1c1ccco1)C(=O)c1cccs1. The number of furan rings is 1. The van der Waals surface area contributed by atoms with Crippen molar-refractivity contribution in [3.8, 4) is 0 Å². The second-order valence-corrected chi connectivity index (χ2v) is 8.17. The van der Waals surface area contributed by atoms with Crippen molar-refractivity contribution in [3.05, 3.63) is 82.2 Å². The zero-order chi connectivity index (χ0) is 22.5. The maximum Gasteiger partial charge on any atom is 0.264 e. The lowest BCUT2D eigenvalue weighted by Gasteiger charge is -2.25. The minimum atomic E-state index is -0.446. The summed E-state index contributed by atoms with van der Waals surface area (Å²) in [5.41, 5.74) is 1.37. The van der Waals surface area contributed by atoms with E-state index in [9.17, 15) is 14.0 Å². The number of carbonyl (C=O) groups excluding carboxylic acids is 2. The fourth-order valence-corrected chi connectivity index (χ4v) is 4.20. The van der Waals surface area contributed by atoms with Crippen molar-refractivity contribution in [3.63, 3.8) is 0 Å². The van der Waals surface area contributed by atoms with Crippen LogP contribution < -0.4 is 0 Å². The Labute approximate surface area is 188 Å². The van der Waals surface area contributed by atoms with Crippen LogP contribution in [0.1, 0.15) is 33.5 Å². The van der Waals surface area contributed by atoms with Crippen LogP contribution in [0.2, 0.25) is 0 Å². The quantitative estimate of drug-likeness (QED) is 0.516. The molecule has 0 aliphatic carbocycles. The highest BCUT2D eigenvalue weighted by Gasteiger charge is 2.36. The Morgan fingerprint density at radius 2 is 2.06 bits per heavy atom. The summed E-state index contributed by atoms with van der Waals surface area (Å²) < 4.78 is 24.0. The third-order valence-corrected chi connectivity index (χ3v) is 5.98. The molecule has 1 aliphatic rings. The van der Waals surface area contributed by atoms with Crippen molar-refractivity contribution < 1.29 is 23.1 Å². The van der Waals surface area contributed by atoms with Crippen LogP contribution in [0.25, 0.3) is 0 Å². The van der Waals surface area contributed by atoms with Crippen LogP contribution in [0.15, 0.2) is 69.7 Å². The van der Waals surface area contributed by atoms with Gasteiger partial charge >= 0.3 is 0 Å². The molecule has 0 bridgehead atoms. The molecule has 0 spiro atoms. The van der Waals surface area contributed by atoms with Crippen LogP contribution in [0, 0.1) is 5.82 Å². The Hall–Kier alpha value is -3.30.